The van der Waals surface area contributed by atoms with E-state index in [2.05, 4.69) is 65.7 Å². The first-order valence-electron chi connectivity index (χ1n) is 4.54. The zero-order valence-corrected chi connectivity index (χ0v) is 9.89. The molecule has 0 unspecified atom stereocenters. The summed E-state index contributed by atoms with van der Waals surface area (Å²) >= 11 is 0. The third-order valence-corrected chi connectivity index (χ3v) is 2.39. The molecule has 0 aliphatic heterocycles. The van der Waals surface area contributed by atoms with Crippen LogP contribution < -0.4 is 0 Å². The van der Waals surface area contributed by atoms with Crippen LogP contribution in [0.3, 0.4) is 0 Å². The molecule has 0 saturated carbocycles. The molecule has 0 aliphatic rings. The van der Waals surface area contributed by atoms with Crippen LogP contribution in [0.15, 0.2) is 0 Å². The zero-order chi connectivity index (χ0) is 10.2. The Morgan fingerprint density at radius 3 is 0.833 bits per heavy atom. The van der Waals surface area contributed by atoms with Crippen LogP contribution in [0.4, 0.5) is 0 Å². The monoisotopic (exact) mass is 172 g/mol. The first-order chi connectivity index (χ1) is 5.07. The molecule has 12 heavy (non-hydrogen) atoms. The fourth-order valence-corrected chi connectivity index (χ4v) is 0.900. The summed E-state index contributed by atoms with van der Waals surface area (Å²) in [7, 11) is 4.26. The van der Waals surface area contributed by atoms with E-state index in [4.69, 9.17) is 0 Å². The lowest BCUT2D eigenvalue weighted by atomic mass is 10.1. The molecule has 0 saturated heterocycles. The van der Waals surface area contributed by atoms with Gasteiger partial charge in [-0.05, 0) is 41.5 Å². The summed E-state index contributed by atoms with van der Waals surface area (Å²) in [5.74, 6) is 0. The quantitative estimate of drug-likeness (QED) is 0.560. The fraction of sp³-hybridized carbons (Fsp3) is 1.00. The van der Waals surface area contributed by atoms with Crippen molar-refractivity contribution in [2.45, 2.75) is 52.6 Å². The summed E-state index contributed by atoms with van der Waals surface area (Å²) in [6, 6.07) is 0. The molecule has 0 aromatic rings. The minimum Gasteiger partial charge on any atom is -0.239 e. The fourth-order valence-electron chi connectivity index (χ4n) is 0.900. The van der Waals surface area contributed by atoms with Crippen molar-refractivity contribution in [1.82, 2.24) is 10.0 Å². The van der Waals surface area contributed by atoms with Gasteiger partial charge < -0.3 is 0 Å². The van der Waals surface area contributed by atoms with Crippen LogP contribution >= 0.6 is 0 Å². The topological polar surface area (TPSA) is 6.48 Å². The van der Waals surface area contributed by atoms with Crippen LogP contribution in [0.5, 0.6) is 0 Å². The summed E-state index contributed by atoms with van der Waals surface area (Å²) in [6.07, 6.45) is 0. The second-order valence-electron chi connectivity index (χ2n) is 5.39. The van der Waals surface area contributed by atoms with E-state index >= 15 is 0 Å². The summed E-state index contributed by atoms with van der Waals surface area (Å²) in [5.41, 5.74) is 0.393. The normalized spacial score (nSPS) is 14.5. The lowest BCUT2D eigenvalue weighted by Crippen LogP contribution is -2.55. The van der Waals surface area contributed by atoms with E-state index in [9.17, 15) is 0 Å². The van der Waals surface area contributed by atoms with E-state index in [1.807, 2.05) is 0 Å². The van der Waals surface area contributed by atoms with Crippen molar-refractivity contribution in [3.63, 3.8) is 0 Å². The Labute approximate surface area is 77.5 Å². The van der Waals surface area contributed by atoms with Gasteiger partial charge in [0, 0.05) is 25.2 Å². The third-order valence-electron chi connectivity index (χ3n) is 2.39. The van der Waals surface area contributed by atoms with Crippen molar-refractivity contribution >= 4 is 0 Å². The standard InChI is InChI=1S/C10H24N2/c1-9(2,3)11(7)12(8)10(4,5)6/h1-8H3. The first kappa shape index (κ1) is 11.9. The minimum atomic E-state index is 0.196. The molecule has 0 N–H and O–H groups in total. The van der Waals surface area contributed by atoms with Gasteiger partial charge in [-0.15, -0.1) is 0 Å². The van der Waals surface area contributed by atoms with Crippen LogP contribution in [0, 0.1) is 0 Å². The molecule has 2 nitrogen and oxygen atoms in total. The molecule has 0 radical (unpaired) electrons. The summed E-state index contributed by atoms with van der Waals surface area (Å²) in [6.45, 7) is 13.3. The SMILES string of the molecule is CN(N(C)C(C)(C)C)C(C)(C)C. The lowest BCUT2D eigenvalue weighted by molar-refractivity contribution is -0.103. The Morgan fingerprint density at radius 2 is 0.750 bits per heavy atom. The van der Waals surface area contributed by atoms with Crippen molar-refractivity contribution in [3.05, 3.63) is 0 Å². The molecule has 0 rings (SSSR count). The highest BCUT2D eigenvalue weighted by molar-refractivity contribution is 4.77. The van der Waals surface area contributed by atoms with Crippen LogP contribution in [-0.4, -0.2) is 35.2 Å². The van der Waals surface area contributed by atoms with Gasteiger partial charge in [0.15, 0.2) is 0 Å². The summed E-state index contributed by atoms with van der Waals surface area (Å²) in [4.78, 5) is 0. The average Bonchev–Trinajstić information content (AvgIpc) is 1.80. The third kappa shape index (κ3) is 3.11. The molecule has 0 aliphatic carbocycles. The molecule has 2 heteroatoms. The van der Waals surface area contributed by atoms with E-state index in [0.29, 0.717) is 0 Å². The van der Waals surface area contributed by atoms with Crippen molar-refractivity contribution in [3.8, 4) is 0 Å². The molecule has 0 atom stereocenters. The van der Waals surface area contributed by atoms with Crippen molar-refractivity contribution in [1.29, 1.82) is 0 Å². The van der Waals surface area contributed by atoms with Gasteiger partial charge in [-0.3, -0.25) is 0 Å². The van der Waals surface area contributed by atoms with Crippen LogP contribution in [-0.2, 0) is 0 Å². The summed E-state index contributed by atoms with van der Waals surface area (Å²) < 4.78 is 0. The van der Waals surface area contributed by atoms with Crippen molar-refractivity contribution in [2.24, 2.45) is 0 Å². The van der Waals surface area contributed by atoms with Gasteiger partial charge in [-0.1, -0.05) is 0 Å². The second kappa shape index (κ2) is 3.35. The lowest BCUT2D eigenvalue weighted by Gasteiger charge is -2.45. The molecule has 0 heterocycles. The summed E-state index contributed by atoms with van der Waals surface area (Å²) in [5, 5.41) is 4.54. The molecular formula is C10H24N2. The predicted octanol–water partition coefficient (Wildman–Crippen LogP) is 2.36. The van der Waals surface area contributed by atoms with Crippen molar-refractivity contribution in [2.75, 3.05) is 14.1 Å². The molecule has 0 spiro atoms. The Balaban J connectivity index is 4.41. The van der Waals surface area contributed by atoms with Gasteiger partial charge in [0.1, 0.15) is 0 Å². The number of hydrogen-bond acceptors (Lipinski definition) is 2. The van der Waals surface area contributed by atoms with E-state index < -0.39 is 0 Å². The maximum absolute atomic E-state index is 2.27. The van der Waals surface area contributed by atoms with Gasteiger partial charge in [-0.25, -0.2) is 10.0 Å². The van der Waals surface area contributed by atoms with Gasteiger partial charge in [-0.2, -0.15) is 0 Å². The minimum absolute atomic E-state index is 0.196. The van der Waals surface area contributed by atoms with Gasteiger partial charge in [0.2, 0.25) is 0 Å². The van der Waals surface area contributed by atoms with Gasteiger partial charge >= 0.3 is 0 Å². The number of nitrogens with zero attached hydrogens (tertiary/aromatic N) is 2. The molecule has 0 aromatic heterocycles. The average molecular weight is 172 g/mol. The number of rotatable bonds is 1. The maximum atomic E-state index is 2.27. The first-order valence-corrected chi connectivity index (χ1v) is 4.54. The molecular weight excluding hydrogens is 148 g/mol. The van der Waals surface area contributed by atoms with Crippen LogP contribution in [0.1, 0.15) is 41.5 Å². The molecule has 0 bridgehead atoms. The van der Waals surface area contributed by atoms with E-state index in [1.54, 1.807) is 0 Å². The molecule has 74 valence electrons. The van der Waals surface area contributed by atoms with E-state index in [0.717, 1.165) is 0 Å². The zero-order valence-electron chi connectivity index (χ0n) is 9.89. The molecule has 0 amide bonds. The van der Waals surface area contributed by atoms with E-state index in [-0.39, 0.29) is 11.1 Å². The highest BCUT2D eigenvalue weighted by atomic mass is 15.6. The van der Waals surface area contributed by atoms with Crippen LogP contribution in [0.2, 0.25) is 0 Å². The Morgan fingerprint density at radius 1 is 0.583 bits per heavy atom. The van der Waals surface area contributed by atoms with Gasteiger partial charge in [0.25, 0.3) is 0 Å². The Bertz CT molecular complexity index is 121. The maximum Gasteiger partial charge on any atom is 0.0269 e. The number of hydrogen-bond donors (Lipinski definition) is 0. The highest BCUT2D eigenvalue weighted by Gasteiger charge is 2.27. The molecule has 0 fully saturated rings. The largest absolute Gasteiger partial charge is 0.239 e. The Hall–Kier alpha value is -0.0800. The van der Waals surface area contributed by atoms with Gasteiger partial charge in [0.05, 0.1) is 0 Å². The smallest absolute Gasteiger partial charge is 0.0269 e. The second-order valence-corrected chi connectivity index (χ2v) is 5.39. The van der Waals surface area contributed by atoms with E-state index in [1.165, 1.54) is 0 Å². The highest BCUT2D eigenvalue weighted by Crippen LogP contribution is 2.19. The Kier molecular flexibility index (Phi) is 3.32. The number of hydrazine groups is 1. The van der Waals surface area contributed by atoms with Crippen LogP contribution in [0.25, 0.3) is 0 Å². The predicted molar refractivity (Wildman–Crippen MR) is 55.0 cm³/mol. The van der Waals surface area contributed by atoms with Crippen molar-refractivity contribution < 1.29 is 0 Å². The molecule has 0 aromatic carbocycles.